The van der Waals surface area contributed by atoms with Crippen LogP contribution in [0.1, 0.15) is 11.1 Å². The van der Waals surface area contributed by atoms with E-state index in [2.05, 4.69) is 58.8 Å². The molecule has 1 heterocycles. The summed E-state index contributed by atoms with van der Waals surface area (Å²) in [7, 11) is 1.57. The highest BCUT2D eigenvalue weighted by atomic mass is 127. The summed E-state index contributed by atoms with van der Waals surface area (Å²) in [6.45, 7) is 4.12. The Morgan fingerprint density at radius 3 is 2.62 bits per heavy atom. The van der Waals surface area contributed by atoms with Crippen molar-refractivity contribution in [2.24, 2.45) is 0 Å². The van der Waals surface area contributed by atoms with Crippen LogP contribution >= 0.6 is 22.6 Å². The minimum Gasteiger partial charge on any atom is -0.493 e. The second-order valence-electron chi connectivity index (χ2n) is 7.20. The minimum absolute atomic E-state index is 0.157. The fourth-order valence-corrected chi connectivity index (χ4v) is 4.26. The zero-order valence-electron chi connectivity index (χ0n) is 17.4. The van der Waals surface area contributed by atoms with E-state index >= 15 is 0 Å². The fraction of sp³-hybridized carbons (Fsp3) is 0.120. The number of methoxy groups -OCH3 is 1. The Morgan fingerprint density at radius 1 is 1.09 bits per heavy atom. The Balaban J connectivity index is 1.56. The summed E-state index contributed by atoms with van der Waals surface area (Å²) in [6, 6.07) is 17.6. The summed E-state index contributed by atoms with van der Waals surface area (Å²) in [5, 5.41) is 4.94. The lowest BCUT2D eigenvalue weighted by Gasteiger charge is -2.14. The van der Waals surface area contributed by atoms with Crippen LogP contribution in [0.25, 0.3) is 16.8 Å². The molecule has 0 saturated carbocycles. The zero-order valence-corrected chi connectivity index (χ0v) is 19.6. The Bertz CT molecular complexity index is 1250. The van der Waals surface area contributed by atoms with Gasteiger partial charge in [-0.1, -0.05) is 42.5 Å². The average molecular weight is 540 g/mol. The number of halogens is 1. The molecule has 3 amide bonds. The first kappa shape index (κ1) is 21.9. The van der Waals surface area contributed by atoms with Gasteiger partial charge in [-0.15, -0.1) is 6.58 Å². The highest BCUT2D eigenvalue weighted by Crippen LogP contribution is 2.35. The Labute approximate surface area is 199 Å². The molecule has 1 aliphatic heterocycles. The van der Waals surface area contributed by atoms with Crippen molar-refractivity contribution in [2.75, 3.05) is 13.7 Å². The Hall–Kier alpha value is -3.33. The first-order valence-corrected chi connectivity index (χ1v) is 11.0. The second-order valence-corrected chi connectivity index (χ2v) is 8.36. The smallest absolute Gasteiger partial charge is 0.329 e. The molecule has 0 aromatic heterocycles. The van der Waals surface area contributed by atoms with Crippen LogP contribution < -0.4 is 14.8 Å². The van der Waals surface area contributed by atoms with Crippen LogP contribution in [0.15, 0.2) is 72.9 Å². The lowest BCUT2D eigenvalue weighted by Crippen LogP contribution is -2.30. The monoisotopic (exact) mass is 540 g/mol. The first-order chi connectivity index (χ1) is 15.5. The lowest BCUT2D eigenvalue weighted by atomic mass is 10.1. The number of nitrogens with one attached hydrogen (secondary N) is 1. The average Bonchev–Trinajstić information content (AvgIpc) is 3.05. The van der Waals surface area contributed by atoms with Crippen molar-refractivity contribution in [1.82, 2.24) is 10.2 Å². The third-order valence-corrected chi connectivity index (χ3v) is 5.84. The quantitative estimate of drug-likeness (QED) is 0.196. The van der Waals surface area contributed by atoms with E-state index in [0.29, 0.717) is 23.7 Å². The van der Waals surface area contributed by atoms with Gasteiger partial charge in [-0.05, 0) is 68.8 Å². The number of nitrogens with zero attached hydrogens (tertiary/aromatic N) is 1. The van der Waals surface area contributed by atoms with E-state index in [4.69, 9.17) is 9.47 Å². The van der Waals surface area contributed by atoms with Crippen LogP contribution in [0, 0.1) is 3.57 Å². The molecule has 0 radical (unpaired) electrons. The first-order valence-electron chi connectivity index (χ1n) is 9.93. The van der Waals surface area contributed by atoms with Gasteiger partial charge in [0.15, 0.2) is 11.5 Å². The molecule has 3 aromatic rings. The van der Waals surface area contributed by atoms with Crippen molar-refractivity contribution in [3.8, 4) is 11.5 Å². The van der Waals surface area contributed by atoms with Gasteiger partial charge in [0, 0.05) is 6.54 Å². The third-order valence-electron chi connectivity index (χ3n) is 5.03. The number of urea groups is 1. The molecule has 0 bridgehead atoms. The standard InChI is InChI=1S/C25H21IN2O4/c1-3-10-28-24(29)21(27-25(28)30)13-17-12-20(26)23(22(14-17)31-2)32-15-16-8-9-18-6-4-5-7-19(18)11-16/h3-9,11-14H,1,10,15H2,2H3,(H,27,30)/b21-13+. The van der Waals surface area contributed by atoms with Crippen molar-refractivity contribution < 1.29 is 19.1 Å². The number of benzene rings is 3. The molecular weight excluding hydrogens is 519 g/mol. The van der Waals surface area contributed by atoms with Gasteiger partial charge in [0.05, 0.1) is 10.7 Å². The van der Waals surface area contributed by atoms with Crippen LogP contribution in [-0.2, 0) is 11.4 Å². The fourth-order valence-electron chi connectivity index (χ4n) is 3.48. The molecule has 0 spiro atoms. The molecule has 0 atom stereocenters. The van der Waals surface area contributed by atoms with E-state index < -0.39 is 6.03 Å². The maximum Gasteiger partial charge on any atom is 0.329 e. The summed E-state index contributed by atoms with van der Waals surface area (Å²) < 4.78 is 12.5. The molecule has 1 N–H and O–H groups in total. The SMILES string of the molecule is C=CCN1C(=O)N/C(=C/c2cc(I)c(OCc3ccc4ccccc4c3)c(OC)c2)C1=O. The van der Waals surface area contributed by atoms with Gasteiger partial charge in [-0.3, -0.25) is 9.69 Å². The van der Waals surface area contributed by atoms with E-state index in [1.807, 2.05) is 24.3 Å². The topological polar surface area (TPSA) is 67.9 Å². The summed E-state index contributed by atoms with van der Waals surface area (Å²) in [6.07, 6.45) is 3.13. The maximum absolute atomic E-state index is 12.4. The molecular formula is C25H21IN2O4. The molecule has 0 unspecified atom stereocenters. The van der Waals surface area contributed by atoms with Gasteiger partial charge in [-0.25, -0.2) is 4.79 Å². The predicted octanol–water partition coefficient (Wildman–Crippen LogP) is 5.11. The largest absolute Gasteiger partial charge is 0.493 e. The van der Waals surface area contributed by atoms with Crippen molar-refractivity contribution >= 4 is 51.4 Å². The molecule has 6 nitrogen and oxygen atoms in total. The molecule has 4 rings (SSSR count). The van der Waals surface area contributed by atoms with Gasteiger partial charge in [0.25, 0.3) is 5.91 Å². The van der Waals surface area contributed by atoms with Crippen LogP contribution in [0.3, 0.4) is 0 Å². The van der Waals surface area contributed by atoms with Gasteiger partial charge in [0.1, 0.15) is 12.3 Å². The summed E-state index contributed by atoms with van der Waals surface area (Å²) in [5.74, 6) is 0.781. The Morgan fingerprint density at radius 2 is 1.88 bits per heavy atom. The van der Waals surface area contributed by atoms with E-state index in [0.717, 1.165) is 19.4 Å². The molecule has 1 fully saturated rings. The lowest BCUT2D eigenvalue weighted by molar-refractivity contribution is -0.122. The molecule has 7 heteroatoms. The second kappa shape index (κ2) is 9.44. The third kappa shape index (κ3) is 4.47. The maximum atomic E-state index is 12.4. The molecule has 1 aliphatic rings. The van der Waals surface area contributed by atoms with E-state index in [-0.39, 0.29) is 18.1 Å². The number of rotatable bonds is 7. The van der Waals surface area contributed by atoms with Gasteiger partial charge in [-0.2, -0.15) is 0 Å². The van der Waals surface area contributed by atoms with Gasteiger partial charge in [0.2, 0.25) is 0 Å². The highest BCUT2D eigenvalue weighted by molar-refractivity contribution is 14.1. The normalized spacial score (nSPS) is 14.7. The van der Waals surface area contributed by atoms with Crippen LogP contribution in [0.2, 0.25) is 0 Å². The number of carbonyl (C=O) groups is 2. The molecule has 32 heavy (non-hydrogen) atoms. The van der Waals surface area contributed by atoms with Crippen molar-refractivity contribution in [1.29, 1.82) is 0 Å². The van der Waals surface area contributed by atoms with Gasteiger partial charge >= 0.3 is 6.03 Å². The van der Waals surface area contributed by atoms with Crippen molar-refractivity contribution in [2.45, 2.75) is 6.61 Å². The van der Waals surface area contributed by atoms with Gasteiger partial charge < -0.3 is 14.8 Å². The number of fused-ring (bicyclic) bond motifs is 1. The zero-order chi connectivity index (χ0) is 22.7. The summed E-state index contributed by atoms with van der Waals surface area (Å²) in [4.78, 5) is 25.5. The van der Waals surface area contributed by atoms with Crippen LogP contribution in [0.5, 0.6) is 11.5 Å². The minimum atomic E-state index is -0.460. The van der Waals surface area contributed by atoms with E-state index in [9.17, 15) is 9.59 Å². The van der Waals surface area contributed by atoms with Crippen molar-refractivity contribution in [3.63, 3.8) is 0 Å². The molecule has 0 aliphatic carbocycles. The summed E-state index contributed by atoms with van der Waals surface area (Å²) >= 11 is 2.18. The Kier molecular flexibility index (Phi) is 6.45. The van der Waals surface area contributed by atoms with Crippen LogP contribution in [-0.4, -0.2) is 30.5 Å². The number of hydrogen-bond donors (Lipinski definition) is 1. The van der Waals surface area contributed by atoms with Crippen LogP contribution in [0.4, 0.5) is 4.79 Å². The summed E-state index contributed by atoms with van der Waals surface area (Å²) in [5.41, 5.74) is 1.97. The number of ether oxygens (including phenoxy) is 2. The molecule has 1 saturated heterocycles. The van der Waals surface area contributed by atoms with E-state index in [1.165, 1.54) is 11.5 Å². The highest BCUT2D eigenvalue weighted by Gasteiger charge is 2.32. The van der Waals surface area contributed by atoms with E-state index in [1.54, 1.807) is 19.3 Å². The number of amides is 3. The number of carbonyl (C=O) groups excluding carboxylic acids is 2. The number of imide groups is 1. The molecule has 3 aromatic carbocycles. The number of hydrogen-bond acceptors (Lipinski definition) is 4. The predicted molar refractivity (Wildman–Crippen MR) is 132 cm³/mol. The molecule has 162 valence electrons. The van der Waals surface area contributed by atoms with Crippen molar-refractivity contribution in [3.05, 3.63) is 87.6 Å².